The van der Waals surface area contributed by atoms with Crippen LogP contribution in [0.2, 0.25) is 5.02 Å². The summed E-state index contributed by atoms with van der Waals surface area (Å²) in [4.78, 5) is 4.29. The second-order valence-electron chi connectivity index (χ2n) is 3.72. The molecule has 0 aliphatic rings. The largest absolute Gasteiger partial charge is 0.496 e. The molecule has 5 nitrogen and oxygen atoms in total. The van der Waals surface area contributed by atoms with E-state index in [0.717, 1.165) is 16.4 Å². The Bertz CT molecular complexity index is 548. The van der Waals surface area contributed by atoms with Gasteiger partial charge in [-0.05, 0) is 12.1 Å². The van der Waals surface area contributed by atoms with Crippen molar-refractivity contribution in [1.82, 2.24) is 9.36 Å². The maximum Gasteiger partial charge on any atom is 0.202 e. The highest BCUT2D eigenvalue weighted by Gasteiger charge is 2.09. The zero-order valence-corrected chi connectivity index (χ0v) is 12.2. The molecule has 0 spiro atoms. The molecule has 0 saturated heterocycles. The van der Waals surface area contributed by atoms with Crippen LogP contribution in [0.4, 0.5) is 5.13 Å². The number of nitrogens with one attached hydrogen (secondary N) is 1. The first kappa shape index (κ1) is 14.0. The smallest absolute Gasteiger partial charge is 0.202 e. The van der Waals surface area contributed by atoms with Crippen molar-refractivity contribution in [2.45, 2.75) is 13.2 Å². The van der Waals surface area contributed by atoms with E-state index >= 15 is 0 Å². The van der Waals surface area contributed by atoms with E-state index in [4.69, 9.17) is 21.1 Å². The van der Waals surface area contributed by atoms with Gasteiger partial charge in [-0.25, -0.2) is 4.98 Å². The summed E-state index contributed by atoms with van der Waals surface area (Å²) in [5.41, 5.74) is 0.898. The summed E-state index contributed by atoms with van der Waals surface area (Å²) in [5, 5.41) is 4.57. The van der Waals surface area contributed by atoms with Crippen LogP contribution in [0.5, 0.6) is 5.75 Å². The summed E-state index contributed by atoms with van der Waals surface area (Å²) in [6.45, 7) is 0.943. The number of ether oxygens (including phenoxy) is 2. The van der Waals surface area contributed by atoms with Crippen molar-refractivity contribution in [2.24, 2.45) is 0 Å². The van der Waals surface area contributed by atoms with Gasteiger partial charge in [0, 0.05) is 35.8 Å². The number of aromatic nitrogens is 2. The molecule has 2 aromatic rings. The van der Waals surface area contributed by atoms with Gasteiger partial charge in [-0.1, -0.05) is 17.7 Å². The molecule has 0 unspecified atom stereocenters. The minimum Gasteiger partial charge on any atom is -0.496 e. The maximum absolute atomic E-state index is 6.16. The SMILES string of the molecule is COCc1nsc(NCc2c(Cl)cccc2OC)n1. The van der Waals surface area contributed by atoms with E-state index in [1.807, 2.05) is 18.2 Å². The van der Waals surface area contributed by atoms with Gasteiger partial charge < -0.3 is 14.8 Å². The molecule has 102 valence electrons. The zero-order chi connectivity index (χ0) is 13.7. The van der Waals surface area contributed by atoms with Crippen molar-refractivity contribution in [1.29, 1.82) is 0 Å². The molecular formula is C12H14ClN3O2S. The van der Waals surface area contributed by atoms with Crippen LogP contribution in [0.25, 0.3) is 0 Å². The highest BCUT2D eigenvalue weighted by atomic mass is 35.5. The van der Waals surface area contributed by atoms with Gasteiger partial charge >= 0.3 is 0 Å². The predicted molar refractivity (Wildman–Crippen MR) is 76.0 cm³/mol. The Kier molecular flexibility index (Phi) is 4.95. The van der Waals surface area contributed by atoms with Gasteiger partial charge in [0.25, 0.3) is 0 Å². The van der Waals surface area contributed by atoms with Crippen molar-refractivity contribution in [3.05, 3.63) is 34.6 Å². The molecule has 1 heterocycles. The average molecular weight is 300 g/mol. The highest BCUT2D eigenvalue weighted by Crippen LogP contribution is 2.27. The van der Waals surface area contributed by atoms with Crippen molar-refractivity contribution in [2.75, 3.05) is 19.5 Å². The molecule has 1 aromatic heterocycles. The van der Waals surface area contributed by atoms with E-state index < -0.39 is 0 Å². The van der Waals surface area contributed by atoms with E-state index in [2.05, 4.69) is 14.7 Å². The fourth-order valence-corrected chi connectivity index (χ4v) is 2.38. The second-order valence-corrected chi connectivity index (χ2v) is 4.88. The van der Waals surface area contributed by atoms with Gasteiger partial charge in [-0.15, -0.1) is 0 Å². The summed E-state index contributed by atoms with van der Waals surface area (Å²) in [5.74, 6) is 1.42. The molecule has 0 radical (unpaired) electrons. The Labute approximate surface area is 120 Å². The third kappa shape index (κ3) is 3.56. The Morgan fingerprint density at radius 3 is 2.95 bits per heavy atom. The number of nitrogens with zero attached hydrogens (tertiary/aromatic N) is 2. The Balaban J connectivity index is 2.05. The van der Waals surface area contributed by atoms with Crippen LogP contribution in [-0.4, -0.2) is 23.6 Å². The average Bonchev–Trinajstić information content (AvgIpc) is 2.85. The molecule has 7 heteroatoms. The minimum absolute atomic E-state index is 0.410. The molecule has 19 heavy (non-hydrogen) atoms. The summed E-state index contributed by atoms with van der Waals surface area (Å²) < 4.78 is 14.4. The van der Waals surface area contributed by atoms with E-state index in [-0.39, 0.29) is 0 Å². The summed E-state index contributed by atoms with van der Waals surface area (Å²) in [6.07, 6.45) is 0. The number of rotatable bonds is 6. The first-order valence-electron chi connectivity index (χ1n) is 5.61. The van der Waals surface area contributed by atoms with E-state index in [0.29, 0.717) is 24.0 Å². The molecule has 0 fully saturated rings. The van der Waals surface area contributed by atoms with Crippen LogP contribution >= 0.6 is 23.1 Å². The lowest BCUT2D eigenvalue weighted by Crippen LogP contribution is -2.02. The van der Waals surface area contributed by atoms with E-state index in [1.165, 1.54) is 11.5 Å². The van der Waals surface area contributed by atoms with Crippen LogP contribution in [0.15, 0.2) is 18.2 Å². The van der Waals surface area contributed by atoms with E-state index in [1.54, 1.807) is 14.2 Å². The van der Waals surface area contributed by atoms with Gasteiger partial charge in [0.1, 0.15) is 12.4 Å². The van der Waals surface area contributed by atoms with E-state index in [9.17, 15) is 0 Å². The molecule has 0 saturated carbocycles. The third-order valence-corrected chi connectivity index (χ3v) is 3.52. The van der Waals surface area contributed by atoms with Gasteiger partial charge in [-0.3, -0.25) is 0 Å². The van der Waals surface area contributed by atoms with Crippen LogP contribution in [0.3, 0.4) is 0 Å². The zero-order valence-electron chi connectivity index (χ0n) is 10.6. The van der Waals surface area contributed by atoms with Crippen LogP contribution < -0.4 is 10.1 Å². The number of methoxy groups -OCH3 is 2. The highest BCUT2D eigenvalue weighted by molar-refractivity contribution is 7.09. The normalized spacial score (nSPS) is 10.5. The summed E-state index contributed by atoms with van der Waals surface area (Å²) in [6, 6.07) is 5.56. The first-order chi connectivity index (χ1) is 9.24. The monoisotopic (exact) mass is 299 g/mol. The van der Waals surface area contributed by atoms with Crippen LogP contribution in [0.1, 0.15) is 11.4 Å². The lowest BCUT2D eigenvalue weighted by molar-refractivity contribution is 0.179. The topological polar surface area (TPSA) is 56.3 Å². The van der Waals surface area contributed by atoms with Crippen LogP contribution in [0, 0.1) is 0 Å². The predicted octanol–water partition coefficient (Wildman–Crippen LogP) is 2.96. The van der Waals surface area contributed by atoms with Gasteiger partial charge in [0.15, 0.2) is 5.82 Å². The Morgan fingerprint density at radius 2 is 2.21 bits per heavy atom. The van der Waals surface area contributed by atoms with Gasteiger partial charge in [0.05, 0.1) is 7.11 Å². The molecule has 0 bridgehead atoms. The van der Waals surface area contributed by atoms with Crippen LogP contribution in [-0.2, 0) is 17.9 Å². The third-order valence-electron chi connectivity index (χ3n) is 2.45. The van der Waals surface area contributed by atoms with Crippen molar-refractivity contribution < 1.29 is 9.47 Å². The standard InChI is InChI=1S/C12H14ClN3O2S/c1-17-7-11-15-12(19-16-11)14-6-8-9(13)4-3-5-10(8)18-2/h3-5H,6-7H2,1-2H3,(H,14,15,16). The fourth-order valence-electron chi connectivity index (χ4n) is 1.58. The molecule has 0 atom stereocenters. The van der Waals surface area contributed by atoms with Crippen molar-refractivity contribution in [3.8, 4) is 5.75 Å². The quantitative estimate of drug-likeness (QED) is 0.889. The number of halogens is 1. The molecule has 0 aliphatic heterocycles. The molecule has 2 rings (SSSR count). The first-order valence-corrected chi connectivity index (χ1v) is 6.76. The molecular weight excluding hydrogens is 286 g/mol. The molecule has 0 amide bonds. The molecule has 0 aliphatic carbocycles. The molecule has 1 aromatic carbocycles. The number of anilines is 1. The summed E-state index contributed by atoms with van der Waals surface area (Å²) in [7, 11) is 3.24. The second kappa shape index (κ2) is 6.70. The lowest BCUT2D eigenvalue weighted by Gasteiger charge is -2.10. The lowest BCUT2D eigenvalue weighted by atomic mass is 10.2. The number of hydrogen-bond acceptors (Lipinski definition) is 6. The summed E-state index contributed by atoms with van der Waals surface area (Å²) >= 11 is 7.45. The Hall–Kier alpha value is -1.37. The number of benzene rings is 1. The minimum atomic E-state index is 0.410. The molecule has 1 N–H and O–H groups in total. The number of hydrogen-bond donors (Lipinski definition) is 1. The van der Waals surface area contributed by atoms with Gasteiger partial charge in [0.2, 0.25) is 5.13 Å². The fraction of sp³-hybridized carbons (Fsp3) is 0.333. The van der Waals surface area contributed by atoms with Crippen molar-refractivity contribution in [3.63, 3.8) is 0 Å². The van der Waals surface area contributed by atoms with Gasteiger partial charge in [-0.2, -0.15) is 4.37 Å². The van der Waals surface area contributed by atoms with Crippen molar-refractivity contribution >= 4 is 28.3 Å². The maximum atomic E-state index is 6.16. The Morgan fingerprint density at radius 1 is 1.37 bits per heavy atom.